The van der Waals surface area contributed by atoms with Crippen LogP contribution in [0.15, 0.2) is 58.3 Å². The van der Waals surface area contributed by atoms with E-state index < -0.39 is 11.9 Å². The third kappa shape index (κ3) is 5.13. The highest BCUT2D eigenvalue weighted by atomic mass is 32.2. The Bertz CT molecular complexity index is 959. The van der Waals surface area contributed by atoms with Gasteiger partial charge < -0.3 is 9.73 Å². The molecule has 1 aromatic carbocycles. The number of carbonyl (C=O) groups is 1. The van der Waals surface area contributed by atoms with Crippen LogP contribution >= 0.6 is 11.8 Å². The number of alkyl halides is 3. The number of carbonyl (C=O) groups excluding carboxylic acids is 1. The van der Waals surface area contributed by atoms with Gasteiger partial charge in [0.2, 0.25) is 5.91 Å². The van der Waals surface area contributed by atoms with Crippen molar-refractivity contribution in [2.24, 2.45) is 0 Å². The monoisotopic (exact) mass is 407 g/mol. The fourth-order valence-corrected chi connectivity index (χ4v) is 3.04. The van der Waals surface area contributed by atoms with Gasteiger partial charge in [0.25, 0.3) is 0 Å². The van der Waals surface area contributed by atoms with Gasteiger partial charge in [-0.2, -0.15) is 13.2 Å². The Kier molecular flexibility index (Phi) is 6.03. The van der Waals surface area contributed by atoms with Crippen LogP contribution in [0, 0.1) is 0 Å². The summed E-state index contributed by atoms with van der Waals surface area (Å²) in [7, 11) is 0. The summed E-state index contributed by atoms with van der Waals surface area (Å²) in [6.45, 7) is 2.00. The van der Waals surface area contributed by atoms with Gasteiger partial charge in [0.1, 0.15) is 11.4 Å². The number of hydrogen-bond acceptors (Lipinski definition) is 5. The van der Waals surface area contributed by atoms with Crippen molar-refractivity contribution in [1.82, 2.24) is 9.97 Å². The Morgan fingerprint density at radius 3 is 2.68 bits per heavy atom. The van der Waals surface area contributed by atoms with Crippen molar-refractivity contribution in [2.45, 2.75) is 24.7 Å². The fraction of sp³-hybridized carbons (Fsp3) is 0.211. The molecule has 2 heterocycles. The number of thioether (sulfide) groups is 1. The van der Waals surface area contributed by atoms with Crippen molar-refractivity contribution in [1.29, 1.82) is 0 Å². The summed E-state index contributed by atoms with van der Waals surface area (Å²) in [5.74, 6) is -0.302. The predicted octanol–water partition coefficient (Wildman–Crippen LogP) is 5.05. The van der Waals surface area contributed by atoms with Gasteiger partial charge in [0.05, 0.1) is 12.0 Å². The number of aromatic nitrogens is 2. The molecule has 0 unspecified atom stereocenters. The van der Waals surface area contributed by atoms with Gasteiger partial charge in [-0.15, -0.1) is 0 Å². The lowest BCUT2D eigenvalue weighted by molar-refractivity contribution is -0.141. The molecule has 0 atom stereocenters. The van der Waals surface area contributed by atoms with Crippen molar-refractivity contribution < 1.29 is 22.4 Å². The number of amides is 1. The van der Waals surface area contributed by atoms with Crippen LogP contribution in [0.3, 0.4) is 0 Å². The van der Waals surface area contributed by atoms with E-state index in [1.165, 1.54) is 12.3 Å². The maximum Gasteiger partial charge on any atom is 0.433 e. The third-order valence-corrected chi connectivity index (χ3v) is 4.57. The van der Waals surface area contributed by atoms with E-state index in [9.17, 15) is 18.0 Å². The van der Waals surface area contributed by atoms with Crippen LogP contribution in [0.1, 0.15) is 18.2 Å². The van der Waals surface area contributed by atoms with E-state index in [0.717, 1.165) is 29.8 Å². The second-order valence-electron chi connectivity index (χ2n) is 5.79. The topological polar surface area (TPSA) is 68.0 Å². The molecule has 3 rings (SSSR count). The van der Waals surface area contributed by atoms with E-state index in [4.69, 9.17) is 4.42 Å². The van der Waals surface area contributed by atoms with Crippen LogP contribution in [0.5, 0.6) is 0 Å². The summed E-state index contributed by atoms with van der Waals surface area (Å²) in [4.78, 5) is 19.8. The molecule has 9 heteroatoms. The number of halogens is 3. The van der Waals surface area contributed by atoms with Crippen LogP contribution in [-0.2, 0) is 17.4 Å². The molecule has 0 saturated carbocycles. The number of benzene rings is 1. The molecule has 2 aromatic heterocycles. The SMILES string of the molecule is CCc1cccc(NC(=O)CSc2nc(-c3ccco3)cc(C(F)(F)F)n2)c1. The van der Waals surface area contributed by atoms with E-state index in [2.05, 4.69) is 15.3 Å². The zero-order chi connectivity index (χ0) is 20.1. The normalized spacial score (nSPS) is 11.4. The first-order valence-electron chi connectivity index (χ1n) is 8.37. The Hall–Kier alpha value is -2.81. The summed E-state index contributed by atoms with van der Waals surface area (Å²) >= 11 is 0.824. The Labute approximate surface area is 163 Å². The predicted molar refractivity (Wildman–Crippen MR) is 99.9 cm³/mol. The summed E-state index contributed by atoms with van der Waals surface area (Å²) in [5, 5.41) is 2.56. The molecule has 0 aliphatic carbocycles. The average Bonchev–Trinajstić information content (AvgIpc) is 3.20. The number of rotatable bonds is 6. The van der Waals surface area contributed by atoms with Crippen LogP contribution < -0.4 is 5.32 Å². The van der Waals surface area contributed by atoms with Gasteiger partial charge in [0.15, 0.2) is 10.9 Å². The molecular weight excluding hydrogens is 391 g/mol. The highest BCUT2D eigenvalue weighted by molar-refractivity contribution is 7.99. The molecule has 0 fully saturated rings. The van der Waals surface area contributed by atoms with Gasteiger partial charge in [-0.05, 0) is 42.3 Å². The largest absolute Gasteiger partial charge is 0.463 e. The standard InChI is InChI=1S/C19H16F3N3O2S/c1-2-12-5-3-6-13(9-12)23-17(26)11-28-18-24-14(15-7-4-8-27-15)10-16(25-18)19(20,21)22/h3-10H,2,11H2,1H3,(H,23,26). The number of furan rings is 1. The first kappa shape index (κ1) is 19.9. The summed E-state index contributed by atoms with van der Waals surface area (Å²) < 4.78 is 44.5. The Balaban J connectivity index is 1.74. The molecule has 0 bridgehead atoms. The summed E-state index contributed by atoms with van der Waals surface area (Å²) in [5.41, 5.74) is 0.610. The molecule has 5 nitrogen and oxygen atoms in total. The van der Waals surface area contributed by atoms with Crippen LogP contribution in [0.4, 0.5) is 18.9 Å². The average molecular weight is 407 g/mol. The van der Waals surface area contributed by atoms with Crippen LogP contribution in [-0.4, -0.2) is 21.6 Å². The molecule has 0 saturated heterocycles. The molecule has 146 valence electrons. The lowest BCUT2D eigenvalue weighted by Crippen LogP contribution is -2.15. The van der Waals surface area contributed by atoms with Crippen molar-refractivity contribution in [3.05, 3.63) is 60.0 Å². The number of nitrogens with zero attached hydrogens (tertiary/aromatic N) is 2. The van der Waals surface area contributed by atoms with Crippen LogP contribution in [0.25, 0.3) is 11.5 Å². The quantitative estimate of drug-likeness (QED) is 0.458. The molecule has 0 aliphatic heterocycles. The third-order valence-electron chi connectivity index (χ3n) is 3.72. The van der Waals surface area contributed by atoms with Gasteiger partial charge in [-0.25, -0.2) is 9.97 Å². The molecule has 3 aromatic rings. The minimum Gasteiger partial charge on any atom is -0.463 e. The molecule has 0 aliphatic rings. The van der Waals surface area contributed by atoms with E-state index in [1.807, 2.05) is 25.1 Å². The van der Waals surface area contributed by atoms with Gasteiger partial charge in [-0.1, -0.05) is 30.8 Å². The lowest BCUT2D eigenvalue weighted by atomic mass is 10.1. The van der Waals surface area contributed by atoms with Crippen LogP contribution in [0.2, 0.25) is 0 Å². The minimum atomic E-state index is -4.64. The molecule has 1 amide bonds. The van der Waals surface area contributed by atoms with Gasteiger partial charge in [-0.3, -0.25) is 4.79 Å². The van der Waals surface area contributed by atoms with Crippen molar-refractivity contribution in [3.63, 3.8) is 0 Å². The maximum absolute atomic E-state index is 13.1. The molecule has 0 spiro atoms. The molecule has 28 heavy (non-hydrogen) atoms. The second kappa shape index (κ2) is 8.47. The van der Waals surface area contributed by atoms with E-state index in [0.29, 0.717) is 5.69 Å². The fourth-order valence-electron chi connectivity index (χ4n) is 2.38. The number of hydrogen-bond donors (Lipinski definition) is 1. The lowest BCUT2D eigenvalue weighted by Gasteiger charge is -2.10. The summed E-state index contributed by atoms with van der Waals surface area (Å²) in [6, 6.07) is 11.2. The smallest absolute Gasteiger partial charge is 0.433 e. The number of aryl methyl sites for hydroxylation is 1. The Morgan fingerprint density at radius 1 is 1.18 bits per heavy atom. The minimum absolute atomic E-state index is 0.00544. The van der Waals surface area contributed by atoms with Gasteiger partial charge in [0, 0.05) is 5.69 Å². The maximum atomic E-state index is 13.1. The van der Waals surface area contributed by atoms with Crippen molar-refractivity contribution >= 4 is 23.4 Å². The van der Waals surface area contributed by atoms with E-state index in [1.54, 1.807) is 12.1 Å². The van der Waals surface area contributed by atoms with Crippen molar-refractivity contribution in [2.75, 3.05) is 11.1 Å². The first-order chi connectivity index (χ1) is 13.3. The van der Waals surface area contributed by atoms with Gasteiger partial charge >= 0.3 is 6.18 Å². The summed E-state index contributed by atoms with van der Waals surface area (Å²) in [6.07, 6.45) is -2.47. The number of anilines is 1. The Morgan fingerprint density at radius 2 is 2.00 bits per heavy atom. The second-order valence-corrected chi connectivity index (χ2v) is 6.73. The zero-order valence-electron chi connectivity index (χ0n) is 14.8. The van der Waals surface area contributed by atoms with E-state index in [-0.39, 0.29) is 28.3 Å². The zero-order valence-corrected chi connectivity index (χ0v) is 15.6. The molecule has 1 N–H and O–H groups in total. The highest BCUT2D eigenvalue weighted by Crippen LogP contribution is 2.32. The van der Waals surface area contributed by atoms with E-state index >= 15 is 0 Å². The number of nitrogens with one attached hydrogen (secondary N) is 1. The highest BCUT2D eigenvalue weighted by Gasteiger charge is 2.34. The first-order valence-corrected chi connectivity index (χ1v) is 9.35. The van der Waals surface area contributed by atoms with Crippen molar-refractivity contribution in [3.8, 4) is 11.5 Å². The molecular formula is C19H16F3N3O2S. The molecule has 0 radical (unpaired) electrons.